The van der Waals surface area contributed by atoms with Crippen molar-refractivity contribution in [3.63, 3.8) is 0 Å². The number of ether oxygens (including phenoxy) is 1. The Morgan fingerprint density at radius 3 is 2.58 bits per heavy atom. The van der Waals surface area contributed by atoms with Gasteiger partial charge in [-0.2, -0.15) is 0 Å². The molecule has 1 heterocycles. The van der Waals surface area contributed by atoms with Crippen LogP contribution in [-0.4, -0.2) is 51.4 Å². The van der Waals surface area contributed by atoms with E-state index in [9.17, 15) is 10.2 Å². The van der Waals surface area contributed by atoms with Gasteiger partial charge in [0.2, 0.25) is 0 Å². The molecular formula is C7H14O4S. The minimum absolute atomic E-state index is 0.0931. The van der Waals surface area contributed by atoms with Gasteiger partial charge in [-0.25, -0.2) is 0 Å². The van der Waals surface area contributed by atoms with E-state index in [0.29, 0.717) is 0 Å². The highest BCUT2D eigenvalue weighted by Crippen LogP contribution is 2.24. The van der Waals surface area contributed by atoms with Crippen molar-refractivity contribution < 1.29 is 20.1 Å². The number of aliphatic hydroxyl groups is 3. The predicted octanol–water partition coefficient (Wildman–Crippen LogP) is -0.822. The Balaban J connectivity index is 2.46. The summed E-state index contributed by atoms with van der Waals surface area (Å²) in [5.74, 6) is 0.810. The molecule has 12 heavy (non-hydrogen) atoms. The molecule has 5 heteroatoms. The summed E-state index contributed by atoms with van der Waals surface area (Å²) < 4.78 is 5.12. The summed E-state index contributed by atoms with van der Waals surface area (Å²) in [5, 5.41) is 27.7. The summed E-state index contributed by atoms with van der Waals surface area (Å²) in [6.45, 7) is 2.04. The molecular weight excluding hydrogens is 180 g/mol. The summed E-state index contributed by atoms with van der Waals surface area (Å²) in [5.41, 5.74) is -0.409. The first-order chi connectivity index (χ1) is 5.66. The third-order valence-electron chi connectivity index (χ3n) is 1.79. The zero-order valence-corrected chi connectivity index (χ0v) is 7.70. The van der Waals surface area contributed by atoms with Crippen molar-refractivity contribution in [1.29, 1.82) is 0 Å². The highest BCUT2D eigenvalue weighted by Gasteiger charge is 2.37. The average molecular weight is 194 g/mol. The number of thioether (sulfide) groups is 1. The highest BCUT2D eigenvalue weighted by atomic mass is 32.2. The number of aliphatic hydroxyl groups excluding tert-OH is 3. The van der Waals surface area contributed by atoms with Gasteiger partial charge in [-0.1, -0.05) is 6.92 Å². The van der Waals surface area contributed by atoms with Gasteiger partial charge in [0.1, 0.15) is 23.7 Å². The zero-order chi connectivity index (χ0) is 9.14. The molecule has 0 spiro atoms. The fourth-order valence-corrected chi connectivity index (χ4v) is 1.95. The molecule has 1 aliphatic heterocycles. The predicted molar refractivity (Wildman–Crippen MR) is 45.9 cm³/mol. The van der Waals surface area contributed by atoms with Gasteiger partial charge in [0, 0.05) is 0 Å². The van der Waals surface area contributed by atoms with E-state index in [2.05, 4.69) is 0 Å². The van der Waals surface area contributed by atoms with Gasteiger partial charge in [-0.15, -0.1) is 11.8 Å². The second-order valence-corrected chi connectivity index (χ2v) is 4.08. The highest BCUT2D eigenvalue weighted by molar-refractivity contribution is 7.99. The van der Waals surface area contributed by atoms with E-state index in [0.717, 1.165) is 5.75 Å². The Hall–Kier alpha value is 0.190. The Labute approximate surface area is 75.5 Å². The molecule has 72 valence electrons. The summed E-state index contributed by atoms with van der Waals surface area (Å²) >= 11 is 1.42. The van der Waals surface area contributed by atoms with Gasteiger partial charge in [0.15, 0.2) is 0 Å². The quantitative estimate of drug-likeness (QED) is 0.536. The smallest absolute Gasteiger partial charge is 0.131 e. The molecule has 0 aromatic carbocycles. The summed E-state index contributed by atoms with van der Waals surface area (Å²) in [6, 6.07) is 0. The van der Waals surface area contributed by atoms with Gasteiger partial charge in [-0.05, 0) is 5.75 Å². The van der Waals surface area contributed by atoms with Gasteiger partial charge in [-0.3, -0.25) is 0 Å². The molecule has 1 aliphatic rings. The second kappa shape index (κ2) is 4.43. The first kappa shape index (κ1) is 10.3. The zero-order valence-electron chi connectivity index (χ0n) is 6.88. The lowest BCUT2D eigenvalue weighted by Gasteiger charge is -2.34. The Bertz CT molecular complexity index is 143. The van der Waals surface area contributed by atoms with Crippen LogP contribution >= 0.6 is 11.8 Å². The van der Waals surface area contributed by atoms with Crippen molar-refractivity contribution in [2.45, 2.75) is 30.7 Å². The maximum atomic E-state index is 9.38. The number of hydrogen-bond donors (Lipinski definition) is 3. The van der Waals surface area contributed by atoms with Crippen molar-refractivity contribution in [2.24, 2.45) is 0 Å². The third kappa shape index (κ3) is 2.11. The lowest BCUT2D eigenvalue weighted by molar-refractivity contribution is -0.161. The van der Waals surface area contributed by atoms with Gasteiger partial charge < -0.3 is 20.1 Å². The Morgan fingerprint density at radius 1 is 1.33 bits per heavy atom. The van der Waals surface area contributed by atoms with Crippen LogP contribution in [0.3, 0.4) is 0 Å². The fourth-order valence-electron chi connectivity index (χ4n) is 1.09. The van der Waals surface area contributed by atoms with Crippen LogP contribution < -0.4 is 0 Å². The van der Waals surface area contributed by atoms with Gasteiger partial charge >= 0.3 is 0 Å². The minimum atomic E-state index is -1.08. The Kier molecular flexibility index (Phi) is 3.79. The SMILES string of the molecule is CCSC1OC[C@H](O)[C@H](O)[C@H]1O. The number of rotatable bonds is 2. The van der Waals surface area contributed by atoms with Crippen LogP contribution in [0, 0.1) is 0 Å². The lowest BCUT2D eigenvalue weighted by Crippen LogP contribution is -2.51. The molecule has 0 aliphatic carbocycles. The molecule has 0 aromatic heterocycles. The molecule has 1 fully saturated rings. The number of hydrogen-bond acceptors (Lipinski definition) is 5. The minimum Gasteiger partial charge on any atom is -0.388 e. The van der Waals surface area contributed by atoms with Crippen molar-refractivity contribution >= 4 is 11.8 Å². The van der Waals surface area contributed by atoms with Crippen molar-refractivity contribution in [3.8, 4) is 0 Å². The molecule has 3 N–H and O–H groups in total. The summed E-state index contributed by atoms with van der Waals surface area (Å²) in [4.78, 5) is 0. The first-order valence-electron chi connectivity index (χ1n) is 3.94. The monoisotopic (exact) mass is 194 g/mol. The molecule has 0 bridgehead atoms. The third-order valence-corrected chi connectivity index (χ3v) is 2.86. The van der Waals surface area contributed by atoms with E-state index in [1.54, 1.807) is 0 Å². The van der Waals surface area contributed by atoms with Crippen LogP contribution in [0.5, 0.6) is 0 Å². The van der Waals surface area contributed by atoms with Crippen molar-refractivity contribution in [3.05, 3.63) is 0 Å². The van der Waals surface area contributed by atoms with Crippen molar-refractivity contribution in [2.75, 3.05) is 12.4 Å². The standard InChI is InChI=1S/C7H14O4S/c1-2-12-7-6(10)5(9)4(8)3-11-7/h4-10H,2-3H2,1H3/t4-,5-,6+,7?/m0/s1. The molecule has 4 atom stereocenters. The molecule has 0 saturated carbocycles. The topological polar surface area (TPSA) is 69.9 Å². The average Bonchev–Trinajstić information content (AvgIpc) is 2.07. The first-order valence-corrected chi connectivity index (χ1v) is 4.99. The van der Waals surface area contributed by atoms with E-state index in [-0.39, 0.29) is 6.61 Å². The molecule has 0 aromatic rings. The van der Waals surface area contributed by atoms with Crippen LogP contribution in [0.1, 0.15) is 6.92 Å². The van der Waals surface area contributed by atoms with Gasteiger partial charge in [0.05, 0.1) is 6.61 Å². The lowest BCUT2D eigenvalue weighted by atomic mass is 10.1. The van der Waals surface area contributed by atoms with E-state index >= 15 is 0 Å². The van der Waals surface area contributed by atoms with Crippen LogP contribution in [-0.2, 0) is 4.74 Å². The molecule has 1 saturated heterocycles. The van der Waals surface area contributed by atoms with Crippen LogP contribution in [0.2, 0.25) is 0 Å². The van der Waals surface area contributed by atoms with E-state index in [1.807, 2.05) is 6.92 Å². The molecule has 1 rings (SSSR count). The molecule has 0 amide bonds. The molecule has 4 nitrogen and oxygen atoms in total. The Morgan fingerprint density at radius 2 is 2.00 bits per heavy atom. The van der Waals surface area contributed by atoms with Crippen molar-refractivity contribution in [1.82, 2.24) is 0 Å². The maximum Gasteiger partial charge on any atom is 0.131 e. The van der Waals surface area contributed by atoms with Gasteiger partial charge in [0.25, 0.3) is 0 Å². The normalized spacial score (nSPS) is 43.0. The maximum absolute atomic E-state index is 9.38. The molecule has 0 radical (unpaired) electrons. The van der Waals surface area contributed by atoms with Crippen LogP contribution in [0.25, 0.3) is 0 Å². The van der Waals surface area contributed by atoms with Crippen LogP contribution in [0.15, 0.2) is 0 Å². The van der Waals surface area contributed by atoms with E-state index < -0.39 is 23.7 Å². The second-order valence-electron chi connectivity index (χ2n) is 2.71. The largest absolute Gasteiger partial charge is 0.388 e. The summed E-state index contributed by atoms with van der Waals surface area (Å²) in [7, 11) is 0. The fraction of sp³-hybridized carbons (Fsp3) is 1.00. The van der Waals surface area contributed by atoms with Crippen LogP contribution in [0.4, 0.5) is 0 Å². The van der Waals surface area contributed by atoms with E-state index in [4.69, 9.17) is 9.84 Å². The van der Waals surface area contributed by atoms with E-state index in [1.165, 1.54) is 11.8 Å². The summed E-state index contributed by atoms with van der Waals surface area (Å²) in [6.07, 6.45) is -3.03. The molecule has 1 unspecified atom stereocenters.